The van der Waals surface area contributed by atoms with E-state index in [1.807, 2.05) is 36.4 Å². The number of para-hydroxylation sites is 1. The Hall–Kier alpha value is -3.62. The Morgan fingerprint density at radius 1 is 0.977 bits per heavy atom. The topological polar surface area (TPSA) is 107 Å². The molecule has 0 spiro atoms. The lowest BCUT2D eigenvalue weighted by Crippen LogP contribution is -2.55. The molecule has 9 heteroatoms. The van der Waals surface area contributed by atoms with Crippen molar-refractivity contribution in [2.24, 2.45) is 11.8 Å². The zero-order valence-electron chi connectivity index (χ0n) is 25.0. The number of hydrogen-bond acceptors (Lipinski definition) is 7. The number of allylic oxidation sites excluding steroid dienone is 1. The van der Waals surface area contributed by atoms with Gasteiger partial charge in [-0.25, -0.2) is 14.6 Å². The zero-order chi connectivity index (χ0) is 29.8. The molecular weight excluding hydrogens is 546 g/mol. The number of benzene rings is 1. The summed E-state index contributed by atoms with van der Waals surface area (Å²) >= 11 is 0. The summed E-state index contributed by atoms with van der Waals surface area (Å²) in [6, 6.07) is 8.34. The van der Waals surface area contributed by atoms with Crippen molar-refractivity contribution in [2.75, 3.05) is 13.7 Å². The number of aromatic nitrogens is 1. The third kappa shape index (κ3) is 6.65. The molecule has 0 unspecified atom stereocenters. The van der Waals surface area contributed by atoms with Crippen LogP contribution in [0.5, 0.6) is 5.75 Å². The Kier molecular flexibility index (Phi) is 9.14. The van der Waals surface area contributed by atoms with Crippen LogP contribution < -0.4 is 10.1 Å². The first-order valence-electron chi connectivity index (χ1n) is 16.1. The maximum atomic E-state index is 14.2. The highest BCUT2D eigenvalue weighted by Crippen LogP contribution is 2.35. The third-order valence-electron chi connectivity index (χ3n) is 9.76. The summed E-state index contributed by atoms with van der Waals surface area (Å²) < 4.78 is 17.6. The Morgan fingerprint density at radius 2 is 1.74 bits per heavy atom. The number of nitrogens with zero attached hydrogens (tertiary/aromatic N) is 2. The second-order valence-corrected chi connectivity index (χ2v) is 12.6. The summed E-state index contributed by atoms with van der Waals surface area (Å²) in [6.07, 6.45) is 14.0. The largest absolute Gasteiger partial charge is 0.486 e. The van der Waals surface area contributed by atoms with E-state index >= 15 is 0 Å². The second-order valence-electron chi connectivity index (χ2n) is 12.6. The zero-order valence-corrected chi connectivity index (χ0v) is 25.0. The third-order valence-corrected chi connectivity index (χ3v) is 9.76. The van der Waals surface area contributed by atoms with Gasteiger partial charge < -0.3 is 24.4 Å². The van der Waals surface area contributed by atoms with Crippen LogP contribution >= 0.6 is 0 Å². The molecule has 1 aromatic carbocycles. The molecule has 0 radical (unpaired) electrons. The maximum absolute atomic E-state index is 14.2. The molecule has 3 heterocycles. The van der Waals surface area contributed by atoms with Gasteiger partial charge in [0, 0.05) is 11.8 Å². The van der Waals surface area contributed by atoms with Crippen molar-refractivity contribution in [1.82, 2.24) is 15.2 Å². The van der Waals surface area contributed by atoms with E-state index in [9.17, 15) is 14.4 Å². The highest BCUT2D eigenvalue weighted by molar-refractivity contribution is 5.90. The fourth-order valence-electron chi connectivity index (χ4n) is 7.49. The molecule has 1 saturated heterocycles. The predicted molar refractivity (Wildman–Crippen MR) is 162 cm³/mol. The average molecular weight is 590 g/mol. The highest BCUT2D eigenvalue weighted by Gasteiger charge is 2.46. The molecule has 43 heavy (non-hydrogen) atoms. The Bertz CT molecular complexity index is 1350. The molecule has 6 rings (SSSR count). The van der Waals surface area contributed by atoms with Gasteiger partial charge in [-0.2, -0.15) is 0 Å². The van der Waals surface area contributed by atoms with Crippen LogP contribution in [-0.2, 0) is 19.1 Å². The van der Waals surface area contributed by atoms with Crippen LogP contribution in [0.3, 0.4) is 0 Å². The molecular formula is C34H43N3O6. The first-order valence-corrected chi connectivity index (χ1v) is 16.1. The Labute approximate surface area is 253 Å². The number of carbonyl (C=O) groups excluding carboxylic acids is 3. The molecule has 2 saturated carbocycles. The van der Waals surface area contributed by atoms with Gasteiger partial charge in [-0.3, -0.25) is 4.79 Å². The number of pyridine rings is 1. The lowest BCUT2D eigenvalue weighted by molar-refractivity contribution is -0.152. The van der Waals surface area contributed by atoms with Crippen molar-refractivity contribution < 1.29 is 28.6 Å². The molecule has 230 valence electrons. The lowest BCUT2D eigenvalue weighted by Gasteiger charge is -2.31. The number of hydrogen-bond donors (Lipinski definition) is 1. The first-order chi connectivity index (χ1) is 21.0. The van der Waals surface area contributed by atoms with Crippen molar-refractivity contribution >= 4 is 34.9 Å². The van der Waals surface area contributed by atoms with Gasteiger partial charge in [0.15, 0.2) is 0 Å². The van der Waals surface area contributed by atoms with Gasteiger partial charge in [0.25, 0.3) is 0 Å². The van der Waals surface area contributed by atoms with E-state index in [2.05, 4.69) is 11.4 Å². The summed E-state index contributed by atoms with van der Waals surface area (Å²) in [5.41, 5.74) is 1.61. The smallest absolute Gasteiger partial charge is 0.408 e. The minimum Gasteiger partial charge on any atom is -0.486 e. The van der Waals surface area contributed by atoms with Crippen LogP contribution in [0.4, 0.5) is 4.79 Å². The molecule has 2 aliphatic heterocycles. The van der Waals surface area contributed by atoms with E-state index in [1.54, 1.807) is 4.90 Å². The SMILES string of the molecule is COC(=O)[C@@H]1C[C@@H]2CN1C(=O)[C@H](C1CCCC1)NC(=O)O[C@@H]1CCC[C@H]1CCCC/C=C/c1nc3ccccc3cc1O2. The predicted octanol–water partition coefficient (Wildman–Crippen LogP) is 5.80. The van der Waals surface area contributed by atoms with Crippen molar-refractivity contribution in [3.8, 4) is 5.75 Å². The fourth-order valence-corrected chi connectivity index (χ4v) is 7.49. The standard InChI is InChI=1S/C34H43N3O6/c1-41-33(39)28-20-25-21-37(28)32(38)31(23-12-6-7-13-23)36-34(40)43-29-18-10-15-22(29)11-4-2-3-5-17-27-30(42-25)19-24-14-8-9-16-26(24)35-27/h5,8-9,14,16-17,19,22-23,25,28-29,31H,2-4,6-7,10-13,15,18,20-21H2,1H3,(H,36,40)/b17-5+/t22-,25-,28+,29-,31+/m1/s1. The molecule has 5 atom stereocenters. The first kappa shape index (κ1) is 29.5. The van der Waals surface area contributed by atoms with Crippen LogP contribution in [0.1, 0.15) is 82.7 Å². The second kappa shape index (κ2) is 13.3. The summed E-state index contributed by atoms with van der Waals surface area (Å²) in [6.45, 7) is 0.208. The normalized spacial score (nSPS) is 29.8. The Balaban J connectivity index is 1.33. The van der Waals surface area contributed by atoms with Crippen LogP contribution in [0.15, 0.2) is 36.4 Å². The van der Waals surface area contributed by atoms with Gasteiger partial charge in [-0.05, 0) is 81.4 Å². The molecule has 2 aromatic rings. The van der Waals surface area contributed by atoms with Crippen LogP contribution in [0, 0.1) is 11.8 Å². The van der Waals surface area contributed by atoms with Gasteiger partial charge >= 0.3 is 12.1 Å². The number of rotatable bonds is 2. The molecule has 2 aliphatic carbocycles. The van der Waals surface area contributed by atoms with E-state index in [0.717, 1.165) is 87.2 Å². The van der Waals surface area contributed by atoms with Crippen molar-refractivity contribution in [1.29, 1.82) is 0 Å². The van der Waals surface area contributed by atoms with Crippen LogP contribution in [-0.4, -0.2) is 65.8 Å². The quantitative estimate of drug-likeness (QED) is 0.442. The molecule has 3 fully saturated rings. The monoisotopic (exact) mass is 589 g/mol. The van der Waals surface area contributed by atoms with E-state index in [0.29, 0.717) is 18.1 Å². The number of fused-ring (bicyclic) bond motifs is 5. The minimum atomic E-state index is -0.804. The Morgan fingerprint density at radius 3 is 2.58 bits per heavy atom. The number of methoxy groups -OCH3 is 1. The van der Waals surface area contributed by atoms with E-state index in [-0.39, 0.29) is 24.5 Å². The lowest BCUT2D eigenvalue weighted by atomic mass is 9.96. The molecule has 4 aliphatic rings. The number of carbonyl (C=O) groups is 3. The number of amides is 2. The summed E-state index contributed by atoms with van der Waals surface area (Å²) in [5.74, 6) is 0.192. The van der Waals surface area contributed by atoms with Crippen molar-refractivity contribution in [3.05, 3.63) is 42.1 Å². The minimum absolute atomic E-state index is 0.00627. The average Bonchev–Trinajstić information content (AvgIpc) is 3.79. The summed E-state index contributed by atoms with van der Waals surface area (Å²) in [4.78, 5) is 46.9. The van der Waals surface area contributed by atoms with Gasteiger partial charge in [0.05, 0.1) is 19.2 Å². The van der Waals surface area contributed by atoms with E-state index in [1.165, 1.54) is 7.11 Å². The fraction of sp³-hybridized carbons (Fsp3) is 0.588. The molecule has 1 N–H and O–H groups in total. The molecule has 2 bridgehead atoms. The van der Waals surface area contributed by atoms with Gasteiger partial charge in [0.2, 0.25) is 5.91 Å². The van der Waals surface area contributed by atoms with Crippen molar-refractivity contribution in [2.45, 2.75) is 101 Å². The van der Waals surface area contributed by atoms with Gasteiger partial charge in [0.1, 0.15) is 35.7 Å². The molecule has 1 aromatic heterocycles. The van der Waals surface area contributed by atoms with Gasteiger partial charge in [-0.1, -0.05) is 43.5 Å². The molecule has 2 amide bonds. The maximum Gasteiger partial charge on any atom is 0.408 e. The highest BCUT2D eigenvalue weighted by atomic mass is 16.6. The summed E-state index contributed by atoms with van der Waals surface area (Å²) in [5, 5.41) is 3.92. The number of esters is 1. The van der Waals surface area contributed by atoms with E-state index in [4.69, 9.17) is 19.2 Å². The van der Waals surface area contributed by atoms with Crippen LogP contribution in [0.2, 0.25) is 0 Å². The summed E-state index contributed by atoms with van der Waals surface area (Å²) in [7, 11) is 1.33. The van der Waals surface area contributed by atoms with Gasteiger partial charge in [-0.15, -0.1) is 0 Å². The number of nitrogens with one attached hydrogen (secondary N) is 1. The van der Waals surface area contributed by atoms with Crippen molar-refractivity contribution in [3.63, 3.8) is 0 Å². The van der Waals surface area contributed by atoms with Crippen LogP contribution in [0.25, 0.3) is 17.0 Å². The molecule has 9 nitrogen and oxygen atoms in total. The number of ether oxygens (including phenoxy) is 3. The van der Waals surface area contributed by atoms with E-state index < -0.39 is 30.3 Å². The number of alkyl carbamates (subject to hydrolysis) is 1.